The molecule has 2 aromatic carbocycles. The van der Waals surface area contributed by atoms with E-state index in [4.69, 9.17) is 4.74 Å². The molecule has 28 heavy (non-hydrogen) atoms. The maximum atomic E-state index is 14.3. The summed E-state index contributed by atoms with van der Waals surface area (Å²) in [4.78, 5) is 3.60. The van der Waals surface area contributed by atoms with Crippen molar-refractivity contribution >= 4 is 10.5 Å². The highest BCUT2D eigenvalue weighted by Gasteiger charge is 2.14. The molecule has 0 saturated heterocycles. The summed E-state index contributed by atoms with van der Waals surface area (Å²) in [6.45, 7) is -0.443. The van der Waals surface area contributed by atoms with Gasteiger partial charge in [0.1, 0.15) is 29.7 Å². The summed E-state index contributed by atoms with van der Waals surface area (Å²) in [5.74, 6) is -2.11. The zero-order valence-corrected chi connectivity index (χ0v) is 14.8. The molecule has 0 saturated carbocycles. The molecule has 3 rings (SSSR count). The average molecular weight is 411 g/mol. The molecule has 0 spiro atoms. The smallest absolute Gasteiger partial charge is 0.488 e. The number of aromatic nitrogens is 1. The molecule has 0 aliphatic rings. The summed E-state index contributed by atoms with van der Waals surface area (Å²) in [6, 6.07) is 9.71. The second-order valence-corrected chi connectivity index (χ2v) is 6.51. The second kappa shape index (κ2) is 7.77. The maximum absolute atomic E-state index is 14.3. The van der Waals surface area contributed by atoms with E-state index in [9.17, 15) is 26.2 Å². The molecule has 0 radical (unpaired) electrons. The van der Waals surface area contributed by atoms with Gasteiger partial charge in [-0.2, -0.15) is 8.42 Å². The second-order valence-electron chi connectivity index (χ2n) is 5.56. The van der Waals surface area contributed by atoms with Crippen molar-refractivity contribution in [3.05, 3.63) is 71.9 Å². The highest BCUT2D eigenvalue weighted by atomic mass is 32.3. The molecule has 1 aromatic heterocycles. The first kappa shape index (κ1) is 19.5. The van der Waals surface area contributed by atoms with Crippen molar-refractivity contribution in [2.24, 2.45) is 0 Å². The fourth-order valence-electron chi connectivity index (χ4n) is 2.37. The van der Waals surface area contributed by atoms with Crippen molar-refractivity contribution in [1.82, 2.24) is 4.98 Å². The Morgan fingerprint density at radius 2 is 1.54 bits per heavy atom. The lowest BCUT2D eigenvalue weighted by Crippen LogP contribution is -2.03. The Bertz CT molecular complexity index is 1080. The van der Waals surface area contributed by atoms with Gasteiger partial charge in [0.2, 0.25) is 5.88 Å². The summed E-state index contributed by atoms with van der Waals surface area (Å²) >= 11 is 0. The number of halogens is 3. The molecule has 3 aromatic rings. The normalized spacial score (nSPS) is 11.2. The third-order valence-corrected chi connectivity index (χ3v) is 4.01. The molecule has 0 aliphatic heterocycles. The van der Waals surface area contributed by atoms with Crippen molar-refractivity contribution in [2.75, 3.05) is 0 Å². The van der Waals surface area contributed by atoms with Crippen LogP contribution >= 0.6 is 0 Å². The van der Waals surface area contributed by atoms with Gasteiger partial charge in [0.15, 0.2) is 0 Å². The number of hydrogen-bond donors (Lipinski definition) is 1. The summed E-state index contributed by atoms with van der Waals surface area (Å²) in [5, 5.41) is 9.38. The summed E-state index contributed by atoms with van der Waals surface area (Å²) < 4.78 is 71.2. The van der Waals surface area contributed by atoms with Crippen LogP contribution in [0.2, 0.25) is 0 Å². The Morgan fingerprint density at radius 3 is 2.11 bits per heavy atom. The van der Waals surface area contributed by atoms with Gasteiger partial charge >= 0.3 is 10.5 Å². The summed E-state index contributed by atoms with van der Waals surface area (Å²) in [7, 11) is -5.15. The van der Waals surface area contributed by atoms with Crippen LogP contribution < -0.4 is 8.92 Å². The van der Waals surface area contributed by atoms with E-state index < -0.39 is 28.7 Å². The molecular formula is C18H12F3NO5S. The first-order valence-electron chi connectivity index (χ1n) is 7.71. The maximum Gasteiger partial charge on any atom is 0.488 e. The van der Waals surface area contributed by atoms with Crippen LogP contribution in [0.15, 0.2) is 54.7 Å². The minimum absolute atomic E-state index is 0.158. The molecule has 0 amide bonds. The van der Waals surface area contributed by atoms with Crippen molar-refractivity contribution in [1.29, 1.82) is 0 Å². The third-order valence-electron chi connectivity index (χ3n) is 3.62. The fourth-order valence-corrected chi connectivity index (χ4v) is 2.71. The van der Waals surface area contributed by atoms with E-state index in [0.717, 1.165) is 24.3 Å². The molecule has 0 atom stereocenters. The summed E-state index contributed by atoms with van der Waals surface area (Å²) in [6.07, 6.45) is 1.30. The van der Waals surface area contributed by atoms with E-state index in [1.807, 2.05) is 0 Å². The SMILES string of the molecule is O=S(=O)(F)Oc1ccc(OCc2c(F)cc(-c3ccnc(O)c3)cc2F)cc1. The Balaban J connectivity index is 1.74. The third kappa shape index (κ3) is 4.92. The lowest BCUT2D eigenvalue weighted by atomic mass is 10.0. The largest absolute Gasteiger partial charge is 0.493 e. The van der Waals surface area contributed by atoms with Crippen LogP contribution in [0.4, 0.5) is 12.7 Å². The number of rotatable bonds is 6. The molecule has 0 aliphatic carbocycles. The van der Waals surface area contributed by atoms with E-state index in [2.05, 4.69) is 9.17 Å². The van der Waals surface area contributed by atoms with Crippen molar-refractivity contribution in [2.45, 2.75) is 6.61 Å². The van der Waals surface area contributed by atoms with E-state index in [1.165, 1.54) is 30.5 Å². The van der Waals surface area contributed by atoms with E-state index >= 15 is 0 Å². The monoisotopic (exact) mass is 411 g/mol. The number of nitrogens with zero attached hydrogens (tertiary/aromatic N) is 1. The standard InChI is InChI=1S/C18H12F3NO5S/c19-16-7-12(11-5-6-22-18(23)9-11)8-17(20)15(16)10-26-13-1-3-14(4-2-13)27-28(21,24)25/h1-9H,10H2,(H,22,23). The van der Waals surface area contributed by atoms with Crippen LogP contribution in [-0.2, 0) is 17.1 Å². The van der Waals surface area contributed by atoms with Gasteiger partial charge in [-0.05, 0) is 53.6 Å². The average Bonchev–Trinajstić information content (AvgIpc) is 2.61. The Kier molecular flexibility index (Phi) is 5.41. The Morgan fingerprint density at radius 1 is 0.929 bits per heavy atom. The van der Waals surface area contributed by atoms with Crippen LogP contribution in [0.25, 0.3) is 11.1 Å². The van der Waals surface area contributed by atoms with Gasteiger partial charge in [-0.25, -0.2) is 13.8 Å². The highest BCUT2D eigenvalue weighted by Crippen LogP contribution is 2.27. The number of benzene rings is 2. The minimum atomic E-state index is -5.15. The van der Waals surface area contributed by atoms with Gasteiger partial charge in [0.25, 0.3) is 0 Å². The molecule has 146 valence electrons. The zero-order valence-electron chi connectivity index (χ0n) is 14.0. The fraction of sp³-hybridized carbons (Fsp3) is 0.0556. The van der Waals surface area contributed by atoms with Crippen LogP contribution in [0.1, 0.15) is 5.56 Å². The number of aromatic hydroxyl groups is 1. The van der Waals surface area contributed by atoms with Gasteiger partial charge in [-0.3, -0.25) is 0 Å². The van der Waals surface area contributed by atoms with Gasteiger partial charge in [-0.1, -0.05) is 3.89 Å². The van der Waals surface area contributed by atoms with Crippen LogP contribution in [0.3, 0.4) is 0 Å². The zero-order chi connectivity index (χ0) is 20.3. The Hall–Kier alpha value is -3.27. The molecule has 6 nitrogen and oxygen atoms in total. The van der Waals surface area contributed by atoms with Gasteiger partial charge in [0.05, 0.1) is 5.56 Å². The van der Waals surface area contributed by atoms with Crippen LogP contribution in [-0.4, -0.2) is 18.5 Å². The van der Waals surface area contributed by atoms with E-state index in [-0.39, 0.29) is 28.5 Å². The molecule has 0 unspecified atom stereocenters. The van der Waals surface area contributed by atoms with Gasteiger partial charge in [-0.15, -0.1) is 0 Å². The molecule has 1 N–H and O–H groups in total. The first-order chi connectivity index (χ1) is 13.2. The van der Waals surface area contributed by atoms with E-state index in [1.54, 1.807) is 0 Å². The molecule has 10 heteroatoms. The van der Waals surface area contributed by atoms with Crippen LogP contribution in [0.5, 0.6) is 17.4 Å². The predicted octanol–water partition coefficient (Wildman–Crippen LogP) is 3.90. The minimum Gasteiger partial charge on any atom is -0.493 e. The highest BCUT2D eigenvalue weighted by molar-refractivity contribution is 7.81. The number of ether oxygens (including phenoxy) is 1. The number of pyridine rings is 1. The topological polar surface area (TPSA) is 85.7 Å². The van der Waals surface area contributed by atoms with Crippen LogP contribution in [0, 0.1) is 11.6 Å². The number of hydrogen-bond acceptors (Lipinski definition) is 6. The molecular weight excluding hydrogens is 399 g/mol. The molecule has 0 bridgehead atoms. The van der Waals surface area contributed by atoms with E-state index in [0.29, 0.717) is 5.56 Å². The van der Waals surface area contributed by atoms with Crippen molar-refractivity contribution in [3.8, 4) is 28.5 Å². The molecule has 0 fully saturated rings. The van der Waals surface area contributed by atoms with Gasteiger partial charge in [0, 0.05) is 12.3 Å². The quantitative estimate of drug-likeness (QED) is 0.619. The summed E-state index contributed by atoms with van der Waals surface area (Å²) in [5.41, 5.74) is 0.273. The molecule has 1 heterocycles. The van der Waals surface area contributed by atoms with Gasteiger partial charge < -0.3 is 14.0 Å². The lowest BCUT2D eigenvalue weighted by molar-refractivity contribution is 0.292. The lowest BCUT2D eigenvalue weighted by Gasteiger charge is -2.11. The van der Waals surface area contributed by atoms with Crippen molar-refractivity contribution in [3.63, 3.8) is 0 Å². The Labute approximate surface area is 158 Å². The first-order valence-corrected chi connectivity index (χ1v) is 9.02. The predicted molar refractivity (Wildman–Crippen MR) is 92.7 cm³/mol. The van der Waals surface area contributed by atoms with Crippen molar-refractivity contribution < 1.29 is 35.1 Å².